The Kier molecular flexibility index (Phi) is 9.20. The molecule has 1 aliphatic rings. The predicted octanol–water partition coefficient (Wildman–Crippen LogP) is 2.38. The predicted molar refractivity (Wildman–Crippen MR) is 80.2 cm³/mol. The highest BCUT2D eigenvalue weighted by Gasteiger charge is 2.12. The summed E-state index contributed by atoms with van der Waals surface area (Å²) >= 11 is 0. The molecule has 18 heavy (non-hydrogen) atoms. The molecule has 1 heterocycles. The maximum absolute atomic E-state index is 5.33. The second kappa shape index (κ2) is 9.45. The average molecular weight is 293 g/mol. The third kappa shape index (κ3) is 5.02. The lowest BCUT2D eigenvalue weighted by atomic mass is 10.1. The van der Waals surface area contributed by atoms with Crippen LogP contribution in [0.5, 0.6) is 5.75 Å². The van der Waals surface area contributed by atoms with Crippen molar-refractivity contribution < 1.29 is 4.74 Å². The minimum atomic E-state index is 0. The fraction of sp³-hybridized carbons (Fsp3) is 0.538. The van der Waals surface area contributed by atoms with Crippen LogP contribution in [0.4, 0.5) is 0 Å². The highest BCUT2D eigenvalue weighted by atomic mass is 35.5. The number of rotatable bonds is 4. The second-order valence-electron chi connectivity index (χ2n) is 4.22. The topological polar surface area (TPSA) is 33.3 Å². The van der Waals surface area contributed by atoms with E-state index in [1.165, 1.54) is 18.4 Å². The zero-order valence-corrected chi connectivity index (χ0v) is 12.3. The summed E-state index contributed by atoms with van der Waals surface area (Å²) in [6.45, 7) is 3.15. The molecule has 1 aromatic rings. The zero-order valence-electron chi connectivity index (χ0n) is 10.6. The molecule has 1 saturated heterocycles. The Morgan fingerprint density at radius 2 is 1.89 bits per heavy atom. The van der Waals surface area contributed by atoms with Gasteiger partial charge in [-0.1, -0.05) is 18.2 Å². The van der Waals surface area contributed by atoms with Crippen molar-refractivity contribution >= 4 is 24.8 Å². The molecule has 104 valence electrons. The largest absolute Gasteiger partial charge is 0.496 e. The monoisotopic (exact) mass is 292 g/mol. The molecule has 0 saturated carbocycles. The first-order valence-electron chi connectivity index (χ1n) is 5.96. The van der Waals surface area contributed by atoms with Crippen molar-refractivity contribution in [2.24, 2.45) is 0 Å². The van der Waals surface area contributed by atoms with Gasteiger partial charge < -0.3 is 15.4 Å². The Hall–Kier alpha value is -0.480. The lowest BCUT2D eigenvalue weighted by Crippen LogP contribution is -2.39. The number of benzene rings is 1. The van der Waals surface area contributed by atoms with E-state index in [0.717, 1.165) is 25.4 Å². The van der Waals surface area contributed by atoms with Crippen LogP contribution in [0.25, 0.3) is 0 Å². The normalized spacial score (nSPS) is 15.4. The number of piperidine rings is 1. The standard InChI is InChI=1S/C13H20N2O.2ClH/c1-16-13-5-3-2-4-11(13)10-15-12-6-8-14-9-7-12;;/h2-5,12,14-15H,6-10H2,1H3;2*1H. The van der Waals surface area contributed by atoms with Crippen LogP contribution in [0.15, 0.2) is 24.3 Å². The van der Waals surface area contributed by atoms with Crippen LogP contribution in [0.2, 0.25) is 0 Å². The Morgan fingerprint density at radius 1 is 1.22 bits per heavy atom. The van der Waals surface area contributed by atoms with E-state index >= 15 is 0 Å². The van der Waals surface area contributed by atoms with Gasteiger partial charge in [0.25, 0.3) is 0 Å². The van der Waals surface area contributed by atoms with Crippen molar-refractivity contribution in [3.05, 3.63) is 29.8 Å². The van der Waals surface area contributed by atoms with Crippen LogP contribution in [0, 0.1) is 0 Å². The molecule has 1 aliphatic heterocycles. The Labute approximate surface area is 121 Å². The van der Waals surface area contributed by atoms with Crippen LogP contribution in [-0.4, -0.2) is 26.2 Å². The van der Waals surface area contributed by atoms with Gasteiger partial charge >= 0.3 is 0 Å². The van der Waals surface area contributed by atoms with Crippen molar-refractivity contribution in [1.29, 1.82) is 0 Å². The van der Waals surface area contributed by atoms with E-state index in [9.17, 15) is 0 Å². The average Bonchev–Trinajstić information content (AvgIpc) is 2.38. The SMILES string of the molecule is COc1ccccc1CNC1CCNCC1.Cl.Cl. The number of hydrogen-bond donors (Lipinski definition) is 2. The van der Waals surface area contributed by atoms with Gasteiger partial charge in [-0.15, -0.1) is 24.8 Å². The summed E-state index contributed by atoms with van der Waals surface area (Å²) in [5.41, 5.74) is 1.24. The smallest absolute Gasteiger partial charge is 0.123 e. The number of halogens is 2. The fourth-order valence-corrected chi connectivity index (χ4v) is 2.13. The van der Waals surface area contributed by atoms with Gasteiger partial charge in [-0.05, 0) is 32.0 Å². The molecule has 2 N–H and O–H groups in total. The molecular weight excluding hydrogens is 271 g/mol. The molecule has 0 bridgehead atoms. The van der Waals surface area contributed by atoms with E-state index < -0.39 is 0 Å². The number of hydrogen-bond acceptors (Lipinski definition) is 3. The van der Waals surface area contributed by atoms with E-state index in [1.807, 2.05) is 12.1 Å². The quantitative estimate of drug-likeness (QED) is 0.894. The molecule has 0 amide bonds. The van der Waals surface area contributed by atoms with E-state index in [0.29, 0.717) is 6.04 Å². The fourth-order valence-electron chi connectivity index (χ4n) is 2.13. The Bertz CT molecular complexity index is 331. The Balaban J connectivity index is 0.00000144. The van der Waals surface area contributed by atoms with Gasteiger partial charge in [-0.3, -0.25) is 0 Å². The molecule has 0 aliphatic carbocycles. The van der Waals surface area contributed by atoms with Crippen LogP contribution >= 0.6 is 24.8 Å². The second-order valence-corrected chi connectivity index (χ2v) is 4.22. The summed E-state index contributed by atoms with van der Waals surface area (Å²) < 4.78 is 5.33. The first-order valence-corrected chi connectivity index (χ1v) is 5.96. The minimum Gasteiger partial charge on any atom is -0.496 e. The van der Waals surface area contributed by atoms with E-state index in [4.69, 9.17) is 4.74 Å². The van der Waals surface area contributed by atoms with Crippen molar-refractivity contribution in [1.82, 2.24) is 10.6 Å². The molecule has 0 unspecified atom stereocenters. The highest BCUT2D eigenvalue weighted by molar-refractivity contribution is 5.85. The summed E-state index contributed by atoms with van der Waals surface area (Å²) in [5.74, 6) is 0.976. The molecule has 0 aromatic heterocycles. The molecule has 1 fully saturated rings. The van der Waals surface area contributed by atoms with E-state index in [2.05, 4.69) is 22.8 Å². The van der Waals surface area contributed by atoms with Crippen LogP contribution < -0.4 is 15.4 Å². The first-order chi connectivity index (χ1) is 7.90. The highest BCUT2D eigenvalue weighted by Crippen LogP contribution is 2.17. The number of nitrogens with one attached hydrogen (secondary N) is 2. The van der Waals surface area contributed by atoms with Gasteiger partial charge in [-0.25, -0.2) is 0 Å². The summed E-state index contributed by atoms with van der Waals surface area (Å²) in [5, 5.41) is 6.96. The van der Waals surface area contributed by atoms with Gasteiger partial charge in [0.15, 0.2) is 0 Å². The van der Waals surface area contributed by atoms with Gasteiger partial charge in [0.05, 0.1) is 7.11 Å². The van der Waals surface area contributed by atoms with Crippen LogP contribution in [0.3, 0.4) is 0 Å². The Morgan fingerprint density at radius 3 is 2.56 bits per heavy atom. The van der Waals surface area contributed by atoms with Crippen molar-refractivity contribution in [3.63, 3.8) is 0 Å². The van der Waals surface area contributed by atoms with Gasteiger partial charge in [-0.2, -0.15) is 0 Å². The molecule has 0 radical (unpaired) electrons. The van der Waals surface area contributed by atoms with Gasteiger partial charge in [0.1, 0.15) is 5.75 Å². The number of para-hydroxylation sites is 1. The van der Waals surface area contributed by atoms with Crippen molar-refractivity contribution in [3.8, 4) is 5.75 Å². The van der Waals surface area contributed by atoms with Crippen molar-refractivity contribution in [2.45, 2.75) is 25.4 Å². The third-order valence-electron chi connectivity index (χ3n) is 3.11. The maximum Gasteiger partial charge on any atom is 0.123 e. The van der Waals surface area contributed by atoms with E-state index in [1.54, 1.807) is 7.11 Å². The maximum atomic E-state index is 5.33. The third-order valence-corrected chi connectivity index (χ3v) is 3.11. The molecule has 3 nitrogen and oxygen atoms in total. The summed E-state index contributed by atoms with van der Waals surface area (Å²) in [6, 6.07) is 8.84. The number of ether oxygens (including phenoxy) is 1. The summed E-state index contributed by atoms with van der Waals surface area (Å²) in [7, 11) is 1.73. The van der Waals surface area contributed by atoms with Crippen LogP contribution in [0.1, 0.15) is 18.4 Å². The first kappa shape index (κ1) is 17.5. The molecule has 2 rings (SSSR count). The minimum absolute atomic E-state index is 0. The lowest BCUT2D eigenvalue weighted by Gasteiger charge is -2.24. The number of methoxy groups -OCH3 is 1. The lowest BCUT2D eigenvalue weighted by molar-refractivity contribution is 0.376. The zero-order chi connectivity index (χ0) is 11.2. The van der Waals surface area contributed by atoms with Gasteiger partial charge in [0, 0.05) is 18.2 Å². The molecular formula is C13H22Cl2N2O. The molecule has 0 spiro atoms. The molecule has 5 heteroatoms. The van der Waals surface area contributed by atoms with Crippen molar-refractivity contribution in [2.75, 3.05) is 20.2 Å². The van der Waals surface area contributed by atoms with E-state index in [-0.39, 0.29) is 24.8 Å². The molecule has 0 atom stereocenters. The molecule has 1 aromatic carbocycles. The van der Waals surface area contributed by atoms with Gasteiger partial charge in [0.2, 0.25) is 0 Å². The summed E-state index contributed by atoms with van der Waals surface area (Å²) in [4.78, 5) is 0. The summed E-state index contributed by atoms with van der Waals surface area (Å²) in [6.07, 6.45) is 2.43. The van der Waals surface area contributed by atoms with Crippen LogP contribution in [-0.2, 0) is 6.54 Å².